The van der Waals surface area contributed by atoms with Crippen molar-refractivity contribution in [3.63, 3.8) is 0 Å². The minimum atomic E-state index is -1.14. The summed E-state index contributed by atoms with van der Waals surface area (Å²) in [5.74, 6) is 0. The van der Waals surface area contributed by atoms with E-state index in [0.29, 0.717) is 0 Å². The molecule has 0 saturated heterocycles. The van der Waals surface area contributed by atoms with Gasteiger partial charge in [-0.1, -0.05) is 97.8 Å². The Morgan fingerprint density at radius 2 is 0.630 bits per heavy atom. The van der Waals surface area contributed by atoms with E-state index >= 15 is 0 Å². The summed E-state index contributed by atoms with van der Waals surface area (Å²) in [4.78, 5) is 0. The van der Waals surface area contributed by atoms with E-state index in [2.05, 4.69) is 20.8 Å². The van der Waals surface area contributed by atoms with Gasteiger partial charge in [0.1, 0.15) is 0 Å². The van der Waals surface area contributed by atoms with Crippen molar-refractivity contribution in [3.05, 3.63) is 0 Å². The van der Waals surface area contributed by atoms with Crippen molar-refractivity contribution >= 4 is 19.8 Å². The molecule has 2 N–H and O–H groups in total. The second kappa shape index (κ2) is 23.0. The van der Waals surface area contributed by atoms with Gasteiger partial charge in [0.05, 0.1) is 25.9 Å². The van der Waals surface area contributed by atoms with Crippen LogP contribution in [0, 0.1) is 0 Å². The molecule has 0 aromatic carbocycles. The molecule has 0 aliphatic carbocycles. The van der Waals surface area contributed by atoms with Crippen LogP contribution in [0.4, 0.5) is 0 Å². The van der Waals surface area contributed by atoms with Gasteiger partial charge in [0.15, 0.2) is 0 Å². The van der Waals surface area contributed by atoms with Crippen molar-refractivity contribution in [1.82, 2.24) is 0 Å². The fraction of sp³-hybridized carbons (Fsp3) is 1.00. The number of halogens is 1. The summed E-state index contributed by atoms with van der Waals surface area (Å²) < 4.78 is 0. The summed E-state index contributed by atoms with van der Waals surface area (Å²) >= 11 is 0. The maximum absolute atomic E-state index is 7.03. The molecule has 0 radical (unpaired) electrons. The Morgan fingerprint density at radius 3 is 0.889 bits per heavy atom. The molecule has 3 heteroatoms. The lowest BCUT2D eigenvalue weighted by Gasteiger charge is -2.23. The minimum absolute atomic E-state index is 0. The van der Waals surface area contributed by atoms with E-state index < -0.39 is 7.41 Å². The number of hydrogen-bond donors (Lipinski definition) is 1. The van der Waals surface area contributed by atoms with Gasteiger partial charge in [-0.05, 0) is 38.5 Å². The average Bonchev–Trinajstić information content (AvgIpc) is 2.64. The number of nitrogens with two attached hydrogens (primary N) is 1. The van der Waals surface area contributed by atoms with Crippen molar-refractivity contribution in [2.24, 2.45) is 5.50 Å². The van der Waals surface area contributed by atoms with E-state index in [1.54, 1.807) is 0 Å². The summed E-state index contributed by atoms with van der Waals surface area (Å²) in [6.45, 7) is 6.91. The van der Waals surface area contributed by atoms with Gasteiger partial charge < -0.3 is 0 Å². The van der Waals surface area contributed by atoms with Crippen LogP contribution in [0.2, 0.25) is 0 Å². The van der Waals surface area contributed by atoms with E-state index in [4.69, 9.17) is 5.50 Å². The third kappa shape index (κ3) is 21.2. The highest BCUT2D eigenvalue weighted by atomic mass is 35.5. The highest BCUT2D eigenvalue weighted by Crippen LogP contribution is 2.53. The zero-order valence-corrected chi connectivity index (χ0v) is 21.0. The first kappa shape index (κ1) is 29.9. The Bertz CT molecular complexity index is 232. The molecule has 0 heterocycles. The molecular formula is C24H54ClNP+. The molecule has 0 spiro atoms. The Hall–Kier alpha value is 0.680. The van der Waals surface area contributed by atoms with Gasteiger partial charge in [0.2, 0.25) is 0 Å². The molecule has 166 valence electrons. The molecule has 0 amide bonds. The van der Waals surface area contributed by atoms with E-state index in [1.807, 2.05) is 0 Å². The molecule has 0 fully saturated rings. The highest BCUT2D eigenvalue weighted by Gasteiger charge is 2.30. The molecule has 1 nitrogen and oxygen atoms in total. The van der Waals surface area contributed by atoms with E-state index in [1.165, 1.54) is 134 Å². The highest BCUT2D eigenvalue weighted by molar-refractivity contribution is 7.73. The predicted molar refractivity (Wildman–Crippen MR) is 133 cm³/mol. The molecular weight excluding hydrogens is 369 g/mol. The largest absolute Gasteiger partial charge is 0.205 e. The normalized spacial score (nSPS) is 11.6. The topological polar surface area (TPSA) is 26.0 Å². The lowest BCUT2D eigenvalue weighted by Crippen LogP contribution is -2.17. The van der Waals surface area contributed by atoms with Crippen molar-refractivity contribution in [1.29, 1.82) is 0 Å². The van der Waals surface area contributed by atoms with Gasteiger partial charge in [0, 0.05) is 0 Å². The Morgan fingerprint density at radius 1 is 0.407 bits per heavy atom. The van der Waals surface area contributed by atoms with Gasteiger partial charge in [-0.15, -0.1) is 12.4 Å². The SMILES string of the molecule is CCCCCCCC[P+](N)(CCCCCCCC)CCCCCCCC.Cl. The molecule has 0 aromatic rings. The van der Waals surface area contributed by atoms with Crippen LogP contribution in [0.15, 0.2) is 0 Å². The molecule has 0 aliphatic heterocycles. The molecule has 0 rings (SSSR count). The van der Waals surface area contributed by atoms with Gasteiger partial charge in [-0.25, -0.2) is 5.50 Å². The Balaban J connectivity index is 0. The van der Waals surface area contributed by atoms with Crippen molar-refractivity contribution in [2.45, 2.75) is 136 Å². The van der Waals surface area contributed by atoms with Gasteiger partial charge in [-0.3, -0.25) is 0 Å². The lowest BCUT2D eigenvalue weighted by atomic mass is 10.1. The summed E-state index contributed by atoms with van der Waals surface area (Å²) in [6, 6.07) is 0. The quantitative estimate of drug-likeness (QED) is 0.144. The van der Waals surface area contributed by atoms with Crippen LogP contribution in [0.5, 0.6) is 0 Å². The summed E-state index contributed by atoms with van der Waals surface area (Å²) in [5, 5.41) is 0. The number of rotatable bonds is 21. The van der Waals surface area contributed by atoms with Crippen LogP contribution in [0.1, 0.15) is 136 Å². The predicted octanol–water partition coefficient (Wildman–Crippen LogP) is 9.38. The summed E-state index contributed by atoms with van der Waals surface area (Å²) in [7, 11) is -1.14. The Labute approximate surface area is 180 Å². The second-order valence-electron chi connectivity index (χ2n) is 8.69. The molecule has 0 aromatic heterocycles. The molecule has 27 heavy (non-hydrogen) atoms. The van der Waals surface area contributed by atoms with Gasteiger partial charge >= 0.3 is 0 Å². The smallest absolute Gasteiger partial charge is 0.0770 e. The van der Waals surface area contributed by atoms with E-state index in [-0.39, 0.29) is 12.4 Å². The molecule has 0 aliphatic rings. The van der Waals surface area contributed by atoms with Crippen LogP contribution < -0.4 is 5.50 Å². The zero-order valence-electron chi connectivity index (χ0n) is 19.3. The Kier molecular flexibility index (Phi) is 25.4. The van der Waals surface area contributed by atoms with Gasteiger partial charge in [0.25, 0.3) is 0 Å². The van der Waals surface area contributed by atoms with Crippen LogP contribution in [-0.2, 0) is 0 Å². The van der Waals surface area contributed by atoms with E-state index in [0.717, 1.165) is 0 Å². The fourth-order valence-corrected chi connectivity index (χ4v) is 7.19. The third-order valence-electron chi connectivity index (χ3n) is 5.87. The fourth-order valence-electron chi connectivity index (χ4n) is 3.96. The summed E-state index contributed by atoms with van der Waals surface area (Å²) in [6.07, 6.45) is 29.5. The van der Waals surface area contributed by atoms with Gasteiger partial charge in [-0.2, -0.15) is 0 Å². The van der Waals surface area contributed by atoms with Crippen molar-refractivity contribution < 1.29 is 0 Å². The minimum Gasteiger partial charge on any atom is -0.205 e. The molecule has 0 unspecified atom stereocenters. The summed E-state index contributed by atoms with van der Waals surface area (Å²) in [5.41, 5.74) is 7.03. The van der Waals surface area contributed by atoms with Crippen molar-refractivity contribution in [2.75, 3.05) is 18.5 Å². The number of unbranched alkanes of at least 4 members (excludes halogenated alkanes) is 15. The monoisotopic (exact) mass is 422 g/mol. The molecule has 0 atom stereocenters. The first-order valence-electron chi connectivity index (χ1n) is 12.3. The van der Waals surface area contributed by atoms with E-state index in [9.17, 15) is 0 Å². The van der Waals surface area contributed by atoms with Crippen LogP contribution in [-0.4, -0.2) is 18.5 Å². The maximum Gasteiger partial charge on any atom is 0.0770 e. The third-order valence-corrected chi connectivity index (χ3v) is 9.49. The number of hydrogen-bond acceptors (Lipinski definition) is 1. The first-order chi connectivity index (χ1) is 12.7. The molecule has 0 saturated carbocycles. The second-order valence-corrected chi connectivity index (χ2v) is 12.5. The average molecular weight is 423 g/mol. The van der Waals surface area contributed by atoms with Crippen molar-refractivity contribution in [3.8, 4) is 0 Å². The maximum atomic E-state index is 7.03. The standard InChI is InChI=1S/C24H53NP.ClH/c1-4-7-10-13-16-19-22-26(25,23-20-17-14-11-8-5-2)24-21-18-15-12-9-6-3;/h4-25H2,1-3H3;1H/q+1;. The molecule has 0 bridgehead atoms. The van der Waals surface area contributed by atoms with Crippen LogP contribution >= 0.6 is 19.8 Å². The zero-order chi connectivity index (χ0) is 19.3. The first-order valence-corrected chi connectivity index (χ1v) is 14.7. The van der Waals surface area contributed by atoms with Crippen LogP contribution in [0.25, 0.3) is 0 Å². The lowest BCUT2D eigenvalue weighted by molar-refractivity contribution is 0.615. The van der Waals surface area contributed by atoms with Crippen LogP contribution in [0.3, 0.4) is 0 Å².